The number of aliphatic hydroxyl groups excluding tert-OH is 2. The molecule has 0 spiro atoms. The molecule has 1 saturated carbocycles. The second kappa shape index (κ2) is 5.51. The molecule has 0 amide bonds. The first-order valence-electron chi connectivity index (χ1n) is 6.81. The molecule has 17 heavy (non-hydrogen) atoms. The topological polar surface area (TPSA) is 43.7 Å². The number of allylic oxidation sites excluding steroid dienone is 2. The van der Waals surface area contributed by atoms with E-state index in [-0.39, 0.29) is 12.2 Å². The summed E-state index contributed by atoms with van der Waals surface area (Å²) in [6, 6.07) is 0. The van der Waals surface area contributed by atoms with Gasteiger partial charge in [-0.05, 0) is 44.4 Å². The predicted octanol–water partition coefficient (Wildman–Crippen LogP) is 1.26. The van der Waals surface area contributed by atoms with Crippen LogP contribution in [0.15, 0.2) is 12.2 Å². The molecule has 0 heterocycles. The van der Waals surface area contributed by atoms with Gasteiger partial charge in [-0.15, -0.1) is 0 Å². The van der Waals surface area contributed by atoms with Crippen molar-refractivity contribution < 1.29 is 10.2 Å². The van der Waals surface area contributed by atoms with Crippen LogP contribution in [0.4, 0.5) is 0 Å². The van der Waals surface area contributed by atoms with Crippen LogP contribution in [0, 0.1) is 17.8 Å². The predicted molar refractivity (Wildman–Crippen MR) is 68.6 cm³/mol. The van der Waals surface area contributed by atoms with Gasteiger partial charge in [-0.2, -0.15) is 0 Å². The Hall–Kier alpha value is -0.380. The maximum absolute atomic E-state index is 9.50. The number of fused-ring (bicyclic) bond motifs is 2. The summed E-state index contributed by atoms with van der Waals surface area (Å²) >= 11 is 0. The van der Waals surface area contributed by atoms with E-state index >= 15 is 0 Å². The van der Waals surface area contributed by atoms with Gasteiger partial charge in [0.1, 0.15) is 0 Å². The fraction of sp³-hybridized carbons (Fsp3) is 0.857. The van der Waals surface area contributed by atoms with E-state index in [0.717, 1.165) is 24.3 Å². The van der Waals surface area contributed by atoms with E-state index in [0.29, 0.717) is 13.1 Å². The maximum Gasteiger partial charge on any atom is 0.0639 e. The van der Waals surface area contributed by atoms with E-state index < -0.39 is 0 Å². The number of aliphatic hydroxyl groups is 2. The minimum Gasteiger partial charge on any atom is -0.392 e. The molecular weight excluding hydrogens is 214 g/mol. The van der Waals surface area contributed by atoms with Crippen LogP contribution in [0.3, 0.4) is 0 Å². The maximum atomic E-state index is 9.50. The summed E-state index contributed by atoms with van der Waals surface area (Å²) in [5.74, 6) is 2.26. The van der Waals surface area contributed by atoms with Gasteiger partial charge < -0.3 is 10.2 Å². The summed E-state index contributed by atoms with van der Waals surface area (Å²) in [5.41, 5.74) is 0. The number of rotatable bonds is 6. The Balaban J connectivity index is 1.86. The zero-order valence-electron chi connectivity index (χ0n) is 10.9. The molecule has 98 valence electrons. The van der Waals surface area contributed by atoms with Crippen molar-refractivity contribution in [1.29, 1.82) is 0 Å². The summed E-state index contributed by atoms with van der Waals surface area (Å²) in [6.07, 6.45) is 6.70. The third kappa shape index (κ3) is 3.54. The van der Waals surface area contributed by atoms with Crippen molar-refractivity contribution in [2.45, 2.75) is 38.9 Å². The van der Waals surface area contributed by atoms with Gasteiger partial charge in [0.2, 0.25) is 0 Å². The van der Waals surface area contributed by atoms with Crippen LogP contribution in [0.25, 0.3) is 0 Å². The fourth-order valence-electron chi connectivity index (χ4n) is 3.41. The van der Waals surface area contributed by atoms with Crippen LogP contribution in [0.2, 0.25) is 0 Å². The summed E-state index contributed by atoms with van der Waals surface area (Å²) in [7, 11) is 0. The fourth-order valence-corrected chi connectivity index (χ4v) is 3.41. The highest BCUT2D eigenvalue weighted by Gasteiger charge is 2.36. The van der Waals surface area contributed by atoms with Gasteiger partial charge in [0, 0.05) is 19.6 Å². The lowest BCUT2D eigenvalue weighted by molar-refractivity contribution is 0.0710. The third-order valence-electron chi connectivity index (χ3n) is 3.95. The molecule has 5 atom stereocenters. The summed E-state index contributed by atoms with van der Waals surface area (Å²) in [5, 5.41) is 19.0. The second-order valence-electron chi connectivity index (χ2n) is 5.96. The normalized spacial score (nSPS) is 34.5. The van der Waals surface area contributed by atoms with E-state index in [4.69, 9.17) is 0 Å². The van der Waals surface area contributed by atoms with Crippen LogP contribution >= 0.6 is 0 Å². The monoisotopic (exact) mass is 239 g/mol. The molecule has 3 nitrogen and oxygen atoms in total. The molecule has 3 heteroatoms. The number of nitrogens with zero attached hydrogens (tertiary/aromatic N) is 1. The highest BCUT2D eigenvalue weighted by atomic mass is 16.3. The Morgan fingerprint density at radius 3 is 2.18 bits per heavy atom. The molecule has 0 aromatic heterocycles. The molecule has 2 aliphatic rings. The highest BCUT2D eigenvalue weighted by molar-refractivity contribution is 5.10. The molecule has 2 aliphatic carbocycles. The highest BCUT2D eigenvalue weighted by Crippen LogP contribution is 2.43. The Morgan fingerprint density at radius 2 is 1.76 bits per heavy atom. The SMILES string of the molecule is C[C@@H](O)CN(C[C@@H]1C[C@@H]2C=C[C@H]1C2)C[C@@H](C)O. The van der Waals surface area contributed by atoms with Crippen molar-refractivity contribution >= 4 is 0 Å². The summed E-state index contributed by atoms with van der Waals surface area (Å²) in [6.45, 7) is 5.98. The third-order valence-corrected chi connectivity index (χ3v) is 3.95. The van der Waals surface area contributed by atoms with E-state index in [1.165, 1.54) is 12.8 Å². The molecule has 0 saturated heterocycles. The molecular formula is C14H25NO2. The molecule has 0 aromatic carbocycles. The van der Waals surface area contributed by atoms with Crippen LogP contribution in [-0.2, 0) is 0 Å². The van der Waals surface area contributed by atoms with Crippen LogP contribution in [0.1, 0.15) is 26.7 Å². The van der Waals surface area contributed by atoms with Gasteiger partial charge in [0.25, 0.3) is 0 Å². The minimum atomic E-state index is -0.317. The Labute approximate surface area is 104 Å². The first kappa shape index (κ1) is 13.1. The first-order chi connectivity index (χ1) is 8.04. The van der Waals surface area contributed by atoms with Crippen LogP contribution in [0.5, 0.6) is 0 Å². The van der Waals surface area contributed by atoms with Gasteiger partial charge >= 0.3 is 0 Å². The van der Waals surface area contributed by atoms with Gasteiger partial charge in [0.05, 0.1) is 12.2 Å². The molecule has 0 radical (unpaired) electrons. The average molecular weight is 239 g/mol. The van der Waals surface area contributed by atoms with Crippen molar-refractivity contribution in [1.82, 2.24) is 4.90 Å². The molecule has 2 bridgehead atoms. The Bertz CT molecular complexity index is 265. The molecule has 0 aliphatic heterocycles. The number of hydrogen-bond acceptors (Lipinski definition) is 3. The Morgan fingerprint density at radius 1 is 1.12 bits per heavy atom. The van der Waals surface area contributed by atoms with E-state index in [1.54, 1.807) is 0 Å². The van der Waals surface area contributed by atoms with Gasteiger partial charge in [-0.1, -0.05) is 12.2 Å². The summed E-state index contributed by atoms with van der Waals surface area (Å²) in [4.78, 5) is 2.22. The molecule has 0 aromatic rings. The van der Waals surface area contributed by atoms with E-state index in [2.05, 4.69) is 17.1 Å². The standard InChI is InChI=1S/C14H25NO2/c1-10(16)7-15(8-11(2)17)9-14-6-12-3-4-13(14)5-12/h3-4,10-14,16-17H,5-9H2,1-2H3/t10-,11-,12-,13+,14+/m1/s1. The van der Waals surface area contributed by atoms with Crippen molar-refractivity contribution in [3.05, 3.63) is 12.2 Å². The minimum absolute atomic E-state index is 0.317. The first-order valence-corrected chi connectivity index (χ1v) is 6.81. The molecule has 1 fully saturated rings. The van der Waals surface area contributed by atoms with Crippen molar-refractivity contribution in [3.8, 4) is 0 Å². The van der Waals surface area contributed by atoms with Crippen molar-refractivity contribution in [3.63, 3.8) is 0 Å². The van der Waals surface area contributed by atoms with Crippen LogP contribution < -0.4 is 0 Å². The van der Waals surface area contributed by atoms with Crippen LogP contribution in [-0.4, -0.2) is 47.0 Å². The van der Waals surface area contributed by atoms with Crippen molar-refractivity contribution in [2.75, 3.05) is 19.6 Å². The summed E-state index contributed by atoms with van der Waals surface area (Å²) < 4.78 is 0. The quantitative estimate of drug-likeness (QED) is 0.686. The van der Waals surface area contributed by atoms with Gasteiger partial charge in [0.15, 0.2) is 0 Å². The lowest BCUT2D eigenvalue weighted by atomic mass is 9.93. The average Bonchev–Trinajstić information content (AvgIpc) is 2.76. The smallest absolute Gasteiger partial charge is 0.0639 e. The van der Waals surface area contributed by atoms with Gasteiger partial charge in [-0.3, -0.25) is 4.90 Å². The zero-order chi connectivity index (χ0) is 12.4. The van der Waals surface area contributed by atoms with E-state index in [1.807, 2.05) is 13.8 Å². The molecule has 2 rings (SSSR count). The second-order valence-corrected chi connectivity index (χ2v) is 5.96. The lowest BCUT2D eigenvalue weighted by Gasteiger charge is -2.30. The molecule has 0 unspecified atom stereocenters. The van der Waals surface area contributed by atoms with Crippen molar-refractivity contribution in [2.24, 2.45) is 17.8 Å². The Kier molecular flexibility index (Phi) is 4.23. The largest absolute Gasteiger partial charge is 0.392 e. The molecule has 2 N–H and O–H groups in total. The zero-order valence-corrected chi connectivity index (χ0v) is 10.9. The lowest BCUT2D eigenvalue weighted by Crippen LogP contribution is -2.40. The van der Waals surface area contributed by atoms with Gasteiger partial charge in [-0.25, -0.2) is 0 Å². The van der Waals surface area contributed by atoms with E-state index in [9.17, 15) is 10.2 Å². The number of hydrogen-bond donors (Lipinski definition) is 2.